The zero-order chi connectivity index (χ0) is 24.8. The van der Waals surface area contributed by atoms with Crippen molar-refractivity contribution in [2.24, 2.45) is 0 Å². The Labute approximate surface area is 209 Å². The first-order valence-corrected chi connectivity index (χ1v) is 12.1. The molecule has 0 radical (unpaired) electrons. The van der Waals surface area contributed by atoms with Gasteiger partial charge in [-0.3, -0.25) is 4.79 Å². The van der Waals surface area contributed by atoms with Crippen LogP contribution in [0, 0.1) is 0 Å². The summed E-state index contributed by atoms with van der Waals surface area (Å²) in [7, 11) is 1.57. The number of fused-ring (bicyclic) bond motifs is 1. The molecule has 0 bridgehead atoms. The van der Waals surface area contributed by atoms with Crippen molar-refractivity contribution in [2.45, 2.75) is 39.0 Å². The van der Waals surface area contributed by atoms with Gasteiger partial charge in [0.25, 0.3) is 0 Å². The third-order valence-corrected chi connectivity index (χ3v) is 6.19. The number of hydrogen-bond donors (Lipinski definition) is 0. The number of esters is 1. The van der Waals surface area contributed by atoms with E-state index in [1.807, 2.05) is 0 Å². The highest BCUT2D eigenvalue weighted by Crippen LogP contribution is 2.29. The Morgan fingerprint density at radius 1 is 0.971 bits per heavy atom. The predicted octanol–water partition coefficient (Wildman–Crippen LogP) is 7.46. The molecule has 0 unspecified atom stereocenters. The summed E-state index contributed by atoms with van der Waals surface area (Å²) in [6.07, 6.45) is 6.34. The number of halogens is 1. The Morgan fingerprint density at radius 3 is 2.40 bits per heavy atom. The van der Waals surface area contributed by atoms with Crippen molar-refractivity contribution in [2.75, 3.05) is 7.11 Å². The normalized spacial score (nSPS) is 10.9. The lowest BCUT2D eigenvalue weighted by Gasteiger charge is -2.12. The van der Waals surface area contributed by atoms with Gasteiger partial charge in [-0.15, -0.1) is 0 Å². The van der Waals surface area contributed by atoms with Crippen molar-refractivity contribution in [1.82, 2.24) is 0 Å². The summed E-state index contributed by atoms with van der Waals surface area (Å²) >= 11 is 5.99. The molecule has 0 saturated carbocycles. The third-order valence-electron chi connectivity index (χ3n) is 5.94. The van der Waals surface area contributed by atoms with E-state index >= 15 is 0 Å². The number of benzene rings is 3. The summed E-state index contributed by atoms with van der Waals surface area (Å²) in [5.74, 6) is 0.571. The number of methoxy groups -OCH3 is 1. The lowest BCUT2D eigenvalue weighted by Crippen LogP contribution is -2.11. The van der Waals surface area contributed by atoms with Crippen LogP contribution in [0.2, 0.25) is 5.02 Å². The standard InChI is InChI=1S/C29H27ClO5/c1-3-4-5-6-7-21-16-24-27(34-18-25(28(24)31)19-8-12-22(30)13-9-19)17-26(21)35-29(32)20-10-14-23(33-2)15-11-20/h8-18H,3-7H2,1-2H3. The van der Waals surface area contributed by atoms with Crippen LogP contribution in [0.5, 0.6) is 11.5 Å². The Bertz CT molecular complexity index is 1370. The molecule has 4 aromatic rings. The van der Waals surface area contributed by atoms with Crippen LogP contribution in [0.3, 0.4) is 0 Å². The average Bonchev–Trinajstić information content (AvgIpc) is 2.88. The van der Waals surface area contributed by atoms with E-state index in [-0.39, 0.29) is 5.43 Å². The molecule has 0 spiro atoms. The van der Waals surface area contributed by atoms with E-state index in [0.29, 0.717) is 45.0 Å². The molecule has 1 aromatic heterocycles. The van der Waals surface area contributed by atoms with E-state index < -0.39 is 5.97 Å². The van der Waals surface area contributed by atoms with Gasteiger partial charge in [-0.05, 0) is 66.4 Å². The second-order valence-electron chi connectivity index (χ2n) is 8.37. The Kier molecular flexibility index (Phi) is 7.88. The summed E-state index contributed by atoms with van der Waals surface area (Å²) in [6, 6.07) is 17.2. The van der Waals surface area contributed by atoms with Crippen LogP contribution in [0.15, 0.2) is 76.1 Å². The van der Waals surface area contributed by atoms with Crippen LogP contribution in [0.4, 0.5) is 0 Å². The highest BCUT2D eigenvalue weighted by atomic mass is 35.5. The van der Waals surface area contributed by atoms with Gasteiger partial charge in [0.05, 0.1) is 23.6 Å². The van der Waals surface area contributed by atoms with Crippen molar-refractivity contribution >= 4 is 28.5 Å². The Morgan fingerprint density at radius 2 is 1.71 bits per heavy atom. The van der Waals surface area contributed by atoms with Gasteiger partial charge in [0, 0.05) is 11.1 Å². The van der Waals surface area contributed by atoms with Gasteiger partial charge in [-0.1, -0.05) is 49.9 Å². The molecule has 3 aromatic carbocycles. The maximum atomic E-state index is 13.3. The summed E-state index contributed by atoms with van der Waals surface area (Å²) < 4.78 is 16.8. The van der Waals surface area contributed by atoms with Crippen LogP contribution in [0.1, 0.15) is 48.5 Å². The highest BCUT2D eigenvalue weighted by Gasteiger charge is 2.17. The van der Waals surface area contributed by atoms with Gasteiger partial charge in [-0.2, -0.15) is 0 Å². The van der Waals surface area contributed by atoms with Crippen molar-refractivity contribution < 1.29 is 18.7 Å². The summed E-state index contributed by atoms with van der Waals surface area (Å²) in [6.45, 7) is 2.15. The van der Waals surface area contributed by atoms with Gasteiger partial charge in [0.2, 0.25) is 5.43 Å². The number of unbranched alkanes of at least 4 members (excludes halogenated alkanes) is 3. The average molecular weight is 491 g/mol. The largest absolute Gasteiger partial charge is 0.497 e. The predicted molar refractivity (Wildman–Crippen MR) is 139 cm³/mol. The molecule has 0 aliphatic heterocycles. The molecular weight excluding hydrogens is 464 g/mol. The minimum Gasteiger partial charge on any atom is -0.497 e. The van der Waals surface area contributed by atoms with Crippen LogP contribution < -0.4 is 14.9 Å². The van der Waals surface area contributed by atoms with E-state index in [4.69, 9.17) is 25.5 Å². The lowest BCUT2D eigenvalue weighted by molar-refractivity contribution is 0.0733. The molecule has 0 fully saturated rings. The highest BCUT2D eigenvalue weighted by molar-refractivity contribution is 6.30. The van der Waals surface area contributed by atoms with Gasteiger partial charge in [0.15, 0.2) is 0 Å². The summed E-state index contributed by atoms with van der Waals surface area (Å²) in [5.41, 5.74) is 2.61. The monoisotopic (exact) mass is 490 g/mol. The Hall–Kier alpha value is -3.57. The van der Waals surface area contributed by atoms with Crippen molar-refractivity contribution in [3.05, 3.63) is 93.3 Å². The molecule has 0 N–H and O–H groups in total. The number of carbonyl (C=O) groups excluding carboxylic acids is 1. The molecular formula is C29H27ClO5. The zero-order valence-corrected chi connectivity index (χ0v) is 20.6. The maximum Gasteiger partial charge on any atom is 0.343 e. The minimum atomic E-state index is -0.484. The van der Waals surface area contributed by atoms with Crippen molar-refractivity contribution in [3.63, 3.8) is 0 Å². The number of ether oxygens (including phenoxy) is 2. The van der Waals surface area contributed by atoms with Gasteiger partial charge < -0.3 is 13.9 Å². The first kappa shape index (κ1) is 24.6. The third kappa shape index (κ3) is 5.75. The first-order valence-electron chi connectivity index (χ1n) is 11.7. The first-order chi connectivity index (χ1) is 17.0. The van der Waals surface area contributed by atoms with Crippen LogP contribution >= 0.6 is 11.6 Å². The lowest BCUT2D eigenvalue weighted by atomic mass is 10.0. The number of carbonyl (C=O) groups is 1. The van der Waals surface area contributed by atoms with E-state index in [1.165, 1.54) is 6.26 Å². The SMILES string of the molecule is CCCCCCc1cc2c(=O)c(-c3ccc(Cl)cc3)coc2cc1OC(=O)c1ccc(OC)cc1. The molecule has 0 aliphatic carbocycles. The second-order valence-corrected chi connectivity index (χ2v) is 8.81. The molecule has 0 saturated heterocycles. The number of hydrogen-bond acceptors (Lipinski definition) is 5. The van der Waals surface area contributed by atoms with Crippen molar-refractivity contribution in [1.29, 1.82) is 0 Å². The molecule has 0 amide bonds. The molecule has 35 heavy (non-hydrogen) atoms. The van der Waals surface area contributed by atoms with Crippen LogP contribution in [0.25, 0.3) is 22.1 Å². The fraction of sp³-hybridized carbons (Fsp3) is 0.241. The fourth-order valence-electron chi connectivity index (χ4n) is 3.95. The zero-order valence-electron chi connectivity index (χ0n) is 19.8. The van der Waals surface area contributed by atoms with Crippen LogP contribution in [-0.4, -0.2) is 13.1 Å². The maximum absolute atomic E-state index is 13.3. The second kappa shape index (κ2) is 11.2. The molecule has 0 atom stereocenters. The summed E-state index contributed by atoms with van der Waals surface area (Å²) in [5, 5.41) is 1.05. The molecule has 6 heteroatoms. The van der Waals surface area contributed by atoms with Gasteiger partial charge >= 0.3 is 5.97 Å². The van der Waals surface area contributed by atoms with E-state index in [0.717, 1.165) is 36.8 Å². The van der Waals surface area contributed by atoms with Crippen LogP contribution in [-0.2, 0) is 6.42 Å². The fourth-order valence-corrected chi connectivity index (χ4v) is 4.08. The van der Waals surface area contributed by atoms with E-state index in [9.17, 15) is 9.59 Å². The summed E-state index contributed by atoms with van der Waals surface area (Å²) in [4.78, 5) is 26.2. The molecule has 1 heterocycles. The molecule has 180 valence electrons. The quantitative estimate of drug-likeness (QED) is 0.138. The Balaban J connectivity index is 1.71. The minimum absolute atomic E-state index is 0.142. The van der Waals surface area contributed by atoms with E-state index in [1.54, 1.807) is 67.8 Å². The number of aryl methyl sites for hydroxylation is 1. The molecule has 5 nitrogen and oxygen atoms in total. The van der Waals surface area contributed by atoms with E-state index in [2.05, 4.69) is 6.92 Å². The number of rotatable bonds is 9. The molecule has 0 aliphatic rings. The topological polar surface area (TPSA) is 65.7 Å². The van der Waals surface area contributed by atoms with Crippen molar-refractivity contribution in [3.8, 4) is 22.6 Å². The van der Waals surface area contributed by atoms with Gasteiger partial charge in [0.1, 0.15) is 23.3 Å². The molecule has 4 rings (SSSR count). The smallest absolute Gasteiger partial charge is 0.343 e. The van der Waals surface area contributed by atoms with Gasteiger partial charge in [-0.25, -0.2) is 4.79 Å².